The molecule has 0 spiro atoms. The van der Waals surface area contributed by atoms with Gasteiger partial charge in [-0.2, -0.15) is 11.1 Å². The molecule has 0 fully saturated rings. The zero-order chi connectivity index (χ0) is 6.41. The predicted octanol–water partition coefficient (Wildman–Crippen LogP) is 3.04. The molecule has 0 heterocycles. The normalized spacial score (nSPS) is 10.5. The van der Waals surface area contributed by atoms with Gasteiger partial charge in [0.05, 0.1) is 0 Å². The highest BCUT2D eigenvalue weighted by Gasteiger charge is 2.02. The molecule has 0 atom stereocenters. The average molecular weight is 150 g/mol. The maximum absolute atomic E-state index is 5.98. The van der Waals surface area contributed by atoms with E-state index in [9.17, 15) is 0 Å². The lowest BCUT2D eigenvalue weighted by Gasteiger charge is -1.99. The van der Waals surface area contributed by atoms with Gasteiger partial charge in [-0.25, -0.2) is 0 Å². The molecule has 0 aliphatic rings. The lowest BCUT2D eigenvalue weighted by Crippen LogP contribution is -1.99. The maximum Gasteiger partial charge on any atom is 0.165 e. The fourth-order valence-electron chi connectivity index (χ4n) is 0.668. The van der Waals surface area contributed by atoms with Crippen molar-refractivity contribution >= 4 is 19.2 Å². The first-order valence-electron chi connectivity index (χ1n) is 3.31. The number of halogens is 1. The van der Waals surface area contributed by atoms with Crippen molar-refractivity contribution < 1.29 is 0 Å². The molecule has 0 aliphatic carbocycles. The Morgan fingerprint density at radius 3 is 1.75 bits per heavy atom. The summed E-state index contributed by atoms with van der Waals surface area (Å²) in [5.74, 6) is 0. The van der Waals surface area contributed by atoms with Crippen LogP contribution in [-0.4, -0.2) is 8.11 Å². The van der Waals surface area contributed by atoms with E-state index in [1.54, 1.807) is 0 Å². The van der Waals surface area contributed by atoms with E-state index in [4.69, 9.17) is 11.1 Å². The van der Waals surface area contributed by atoms with Crippen LogP contribution in [0.2, 0.25) is 12.1 Å². The Bertz CT molecular complexity index is 41.8. The van der Waals surface area contributed by atoms with Crippen LogP contribution in [0.3, 0.4) is 0 Å². The van der Waals surface area contributed by atoms with Crippen molar-refractivity contribution in [1.29, 1.82) is 0 Å². The van der Waals surface area contributed by atoms with Crippen LogP contribution in [0.4, 0.5) is 0 Å². The molecule has 49 valence electrons. The quantitative estimate of drug-likeness (QED) is 0.426. The molecule has 0 saturated carbocycles. The van der Waals surface area contributed by atoms with Crippen molar-refractivity contribution in [2.75, 3.05) is 0 Å². The average Bonchev–Trinajstić information content (AvgIpc) is 1.68. The van der Waals surface area contributed by atoms with Gasteiger partial charge in [-0.15, -0.1) is 0 Å². The highest BCUT2D eigenvalue weighted by atomic mass is 35.6. The van der Waals surface area contributed by atoms with Crippen LogP contribution < -0.4 is 0 Å². The van der Waals surface area contributed by atoms with Gasteiger partial charge in [0.25, 0.3) is 0 Å². The third-order valence-electron chi connectivity index (χ3n) is 1.04. The van der Waals surface area contributed by atoms with Gasteiger partial charge >= 0.3 is 0 Å². The van der Waals surface area contributed by atoms with Gasteiger partial charge in [0.1, 0.15) is 0 Å². The van der Waals surface area contributed by atoms with Crippen molar-refractivity contribution in [3.8, 4) is 0 Å². The maximum atomic E-state index is 5.98. The summed E-state index contributed by atoms with van der Waals surface area (Å²) in [5, 5.41) is 0. The lowest BCUT2D eigenvalue weighted by molar-refractivity contribution is 1.02. The second-order valence-electron chi connectivity index (χ2n) is 2.02. The third kappa shape index (κ3) is 4.66. The molecule has 0 saturated heterocycles. The SMILES string of the molecule is CCC[Si](Cl)CCC. The molecule has 0 amide bonds. The van der Waals surface area contributed by atoms with Crippen LogP contribution in [0.25, 0.3) is 0 Å². The van der Waals surface area contributed by atoms with Crippen LogP contribution in [0.5, 0.6) is 0 Å². The number of rotatable bonds is 4. The predicted molar refractivity (Wildman–Crippen MR) is 41.8 cm³/mol. The van der Waals surface area contributed by atoms with E-state index in [1.807, 2.05) is 0 Å². The van der Waals surface area contributed by atoms with Crippen LogP contribution >= 0.6 is 11.1 Å². The summed E-state index contributed by atoms with van der Waals surface area (Å²) in [6, 6.07) is 2.56. The molecule has 8 heavy (non-hydrogen) atoms. The highest BCUT2D eigenvalue weighted by Crippen LogP contribution is 2.08. The zero-order valence-corrected chi connectivity index (χ0v) is 7.46. The van der Waals surface area contributed by atoms with Gasteiger partial charge in [0, 0.05) is 0 Å². The molecule has 0 N–H and O–H groups in total. The second kappa shape index (κ2) is 5.64. The second-order valence-corrected chi connectivity index (χ2v) is 5.66. The smallest absolute Gasteiger partial charge is 0.165 e. The highest BCUT2D eigenvalue weighted by molar-refractivity contribution is 7.06. The van der Waals surface area contributed by atoms with Crippen molar-refractivity contribution in [3.63, 3.8) is 0 Å². The molecule has 0 aromatic heterocycles. The van der Waals surface area contributed by atoms with E-state index >= 15 is 0 Å². The van der Waals surface area contributed by atoms with Gasteiger partial charge in [0.15, 0.2) is 8.11 Å². The molecule has 0 aromatic carbocycles. The summed E-state index contributed by atoms with van der Waals surface area (Å²) in [5.41, 5.74) is 0. The Morgan fingerprint density at radius 1 is 1.12 bits per heavy atom. The topological polar surface area (TPSA) is 0 Å². The fraction of sp³-hybridized carbons (Fsp3) is 1.00. The molecule has 0 aromatic rings. The first-order valence-corrected chi connectivity index (χ1v) is 6.24. The Hall–Kier alpha value is 0.507. The summed E-state index contributed by atoms with van der Waals surface area (Å²) in [4.78, 5) is 0. The molecular formula is C6H14ClSi. The third-order valence-corrected chi connectivity index (χ3v) is 4.26. The van der Waals surface area contributed by atoms with Crippen LogP contribution in [0.1, 0.15) is 26.7 Å². The van der Waals surface area contributed by atoms with Gasteiger partial charge < -0.3 is 0 Å². The molecule has 0 unspecified atom stereocenters. The molecule has 1 radical (unpaired) electrons. The van der Waals surface area contributed by atoms with Crippen molar-refractivity contribution in [2.45, 2.75) is 38.8 Å². The van der Waals surface area contributed by atoms with Crippen LogP contribution in [0, 0.1) is 0 Å². The van der Waals surface area contributed by atoms with Gasteiger partial charge in [-0.3, -0.25) is 0 Å². The monoisotopic (exact) mass is 149 g/mol. The van der Waals surface area contributed by atoms with E-state index in [1.165, 1.54) is 24.9 Å². The van der Waals surface area contributed by atoms with Crippen LogP contribution in [0.15, 0.2) is 0 Å². The van der Waals surface area contributed by atoms with E-state index in [-0.39, 0.29) is 0 Å². The van der Waals surface area contributed by atoms with Gasteiger partial charge in [0.2, 0.25) is 0 Å². The van der Waals surface area contributed by atoms with E-state index in [0.717, 1.165) is 0 Å². The summed E-state index contributed by atoms with van der Waals surface area (Å²) >= 11 is 5.98. The largest absolute Gasteiger partial charge is 0.169 e. The lowest BCUT2D eigenvalue weighted by atomic mass is 10.6. The minimum atomic E-state index is -0.419. The Labute approximate surface area is 58.6 Å². The minimum absolute atomic E-state index is 0.419. The molecule has 0 rings (SSSR count). The van der Waals surface area contributed by atoms with E-state index in [0.29, 0.717) is 0 Å². The first-order chi connectivity index (χ1) is 3.81. The van der Waals surface area contributed by atoms with Crippen molar-refractivity contribution in [3.05, 3.63) is 0 Å². The number of hydrogen-bond donors (Lipinski definition) is 0. The molecule has 0 bridgehead atoms. The summed E-state index contributed by atoms with van der Waals surface area (Å²) < 4.78 is 0. The molecule has 2 heteroatoms. The van der Waals surface area contributed by atoms with Gasteiger partial charge in [-0.05, 0) is 12.1 Å². The van der Waals surface area contributed by atoms with Crippen LogP contribution in [-0.2, 0) is 0 Å². The van der Waals surface area contributed by atoms with Crippen molar-refractivity contribution in [2.24, 2.45) is 0 Å². The standard InChI is InChI=1S/C6H14ClSi/c1-3-5-8(7)6-4-2/h3-6H2,1-2H3. The zero-order valence-electron chi connectivity index (χ0n) is 5.71. The van der Waals surface area contributed by atoms with E-state index in [2.05, 4.69) is 13.8 Å². The fourth-order valence-corrected chi connectivity index (χ4v) is 3.14. The number of hydrogen-bond acceptors (Lipinski definition) is 0. The summed E-state index contributed by atoms with van der Waals surface area (Å²) in [6.45, 7) is 4.39. The summed E-state index contributed by atoms with van der Waals surface area (Å²) in [6.07, 6.45) is 2.52. The van der Waals surface area contributed by atoms with E-state index < -0.39 is 8.11 Å². The Balaban J connectivity index is 2.92. The van der Waals surface area contributed by atoms with Gasteiger partial charge in [-0.1, -0.05) is 26.7 Å². The summed E-state index contributed by atoms with van der Waals surface area (Å²) in [7, 11) is -0.419. The molecule has 0 nitrogen and oxygen atoms in total. The minimum Gasteiger partial charge on any atom is -0.169 e. The van der Waals surface area contributed by atoms with Crippen molar-refractivity contribution in [1.82, 2.24) is 0 Å². The first kappa shape index (κ1) is 8.51. The molecular weight excluding hydrogens is 136 g/mol. The molecule has 0 aliphatic heterocycles. The Morgan fingerprint density at radius 2 is 1.50 bits per heavy atom. The Kier molecular flexibility index (Phi) is 6.00.